The number of amides is 1. The lowest BCUT2D eigenvalue weighted by molar-refractivity contribution is -0.117. The van der Waals surface area contributed by atoms with Crippen molar-refractivity contribution in [2.75, 3.05) is 60.9 Å². The minimum atomic E-state index is -0.0740. The molecule has 0 saturated carbocycles. The fourth-order valence-electron chi connectivity index (χ4n) is 3.58. The topological polar surface area (TPSA) is 90.6 Å². The molecule has 2 saturated heterocycles. The fraction of sp³-hybridized carbons (Fsp3) is 0.556. The molecule has 4 heterocycles. The number of carbonyl (C=O) groups excluding carboxylic acids is 1. The zero-order valence-electron chi connectivity index (χ0n) is 15.6. The summed E-state index contributed by atoms with van der Waals surface area (Å²) >= 11 is 0. The van der Waals surface area contributed by atoms with Crippen molar-refractivity contribution in [3.63, 3.8) is 0 Å². The minimum absolute atomic E-state index is 0.0740. The molecule has 2 aromatic heterocycles. The third-order valence-corrected chi connectivity index (χ3v) is 5.03. The van der Waals surface area contributed by atoms with Crippen LogP contribution in [0.4, 0.5) is 17.5 Å². The molecule has 0 spiro atoms. The van der Waals surface area contributed by atoms with Crippen LogP contribution in [0.2, 0.25) is 0 Å². The highest BCUT2D eigenvalue weighted by Crippen LogP contribution is 2.22. The van der Waals surface area contributed by atoms with Crippen LogP contribution < -0.4 is 15.1 Å². The summed E-state index contributed by atoms with van der Waals surface area (Å²) in [5.74, 6) is 3.05. The first kappa shape index (κ1) is 17.7. The highest BCUT2D eigenvalue weighted by atomic mass is 16.5. The Labute approximate surface area is 158 Å². The van der Waals surface area contributed by atoms with E-state index in [9.17, 15) is 4.79 Å². The predicted octanol–water partition coefficient (Wildman–Crippen LogP) is 1.13. The van der Waals surface area contributed by atoms with Gasteiger partial charge >= 0.3 is 0 Å². The van der Waals surface area contributed by atoms with Crippen LogP contribution in [0.1, 0.15) is 18.6 Å². The smallest absolute Gasteiger partial charge is 0.239 e. The second-order valence-electron chi connectivity index (χ2n) is 7.06. The van der Waals surface area contributed by atoms with Gasteiger partial charge in [-0.1, -0.05) is 5.16 Å². The van der Waals surface area contributed by atoms with Crippen molar-refractivity contribution >= 4 is 23.4 Å². The van der Waals surface area contributed by atoms with Crippen LogP contribution in [0.5, 0.6) is 0 Å². The van der Waals surface area contributed by atoms with Crippen molar-refractivity contribution in [3.8, 4) is 0 Å². The van der Waals surface area contributed by atoms with E-state index in [4.69, 9.17) is 4.52 Å². The van der Waals surface area contributed by atoms with E-state index in [0.717, 1.165) is 50.9 Å². The Kier molecular flexibility index (Phi) is 5.19. The zero-order valence-corrected chi connectivity index (χ0v) is 15.6. The van der Waals surface area contributed by atoms with E-state index in [0.29, 0.717) is 18.1 Å². The Hall–Kier alpha value is -2.68. The van der Waals surface area contributed by atoms with Gasteiger partial charge in [-0.3, -0.25) is 9.69 Å². The van der Waals surface area contributed by atoms with Crippen LogP contribution >= 0.6 is 0 Å². The summed E-state index contributed by atoms with van der Waals surface area (Å²) in [5, 5.41) is 6.56. The summed E-state index contributed by atoms with van der Waals surface area (Å²) in [7, 11) is 0. The first-order valence-electron chi connectivity index (χ1n) is 9.45. The van der Waals surface area contributed by atoms with Crippen molar-refractivity contribution in [1.29, 1.82) is 0 Å². The molecule has 0 unspecified atom stereocenters. The molecule has 0 aliphatic carbocycles. The van der Waals surface area contributed by atoms with Crippen molar-refractivity contribution in [2.45, 2.75) is 19.8 Å². The van der Waals surface area contributed by atoms with Crippen LogP contribution in [0.15, 0.2) is 23.0 Å². The normalized spacial score (nSPS) is 18.1. The number of nitrogens with one attached hydrogen (secondary N) is 1. The van der Waals surface area contributed by atoms with E-state index in [1.807, 2.05) is 0 Å². The molecule has 4 rings (SSSR count). The van der Waals surface area contributed by atoms with Gasteiger partial charge in [-0.2, -0.15) is 0 Å². The van der Waals surface area contributed by atoms with Gasteiger partial charge in [0.1, 0.15) is 23.7 Å². The third-order valence-electron chi connectivity index (χ3n) is 5.03. The van der Waals surface area contributed by atoms with Gasteiger partial charge in [0.25, 0.3) is 0 Å². The summed E-state index contributed by atoms with van der Waals surface area (Å²) in [6.07, 6.45) is 4.12. The maximum absolute atomic E-state index is 12.2. The molecule has 2 aromatic rings. The van der Waals surface area contributed by atoms with E-state index in [1.54, 1.807) is 19.3 Å². The van der Waals surface area contributed by atoms with Crippen LogP contribution in [-0.4, -0.2) is 71.7 Å². The Balaban J connectivity index is 1.28. The maximum Gasteiger partial charge on any atom is 0.239 e. The summed E-state index contributed by atoms with van der Waals surface area (Å²) in [5.41, 5.74) is 0. The van der Waals surface area contributed by atoms with Gasteiger partial charge < -0.3 is 19.6 Å². The monoisotopic (exact) mass is 371 g/mol. The molecule has 0 bridgehead atoms. The van der Waals surface area contributed by atoms with Gasteiger partial charge in [0.05, 0.1) is 6.54 Å². The van der Waals surface area contributed by atoms with E-state index in [-0.39, 0.29) is 5.91 Å². The van der Waals surface area contributed by atoms with Crippen molar-refractivity contribution in [3.05, 3.63) is 24.2 Å². The number of hydrogen-bond donors (Lipinski definition) is 1. The minimum Gasteiger partial charge on any atom is -0.360 e. The average molecular weight is 371 g/mol. The number of aryl methyl sites for hydroxylation is 1. The fourth-order valence-corrected chi connectivity index (χ4v) is 3.58. The number of carbonyl (C=O) groups is 1. The summed E-state index contributed by atoms with van der Waals surface area (Å²) in [6.45, 7) is 7.60. The second kappa shape index (κ2) is 7.91. The first-order valence-corrected chi connectivity index (χ1v) is 9.45. The molecular formula is C18H25N7O2. The molecule has 0 atom stereocenters. The largest absolute Gasteiger partial charge is 0.360 e. The van der Waals surface area contributed by atoms with E-state index >= 15 is 0 Å². The van der Waals surface area contributed by atoms with Crippen molar-refractivity contribution in [2.24, 2.45) is 0 Å². The van der Waals surface area contributed by atoms with Gasteiger partial charge in [0.15, 0.2) is 5.82 Å². The van der Waals surface area contributed by atoms with Crippen molar-refractivity contribution in [1.82, 2.24) is 20.0 Å². The van der Waals surface area contributed by atoms with E-state index < -0.39 is 0 Å². The SMILES string of the molecule is Cc1cc(NC(=O)CN2CCN(c3cc(N4CCCC4)ncn3)CC2)no1. The first-order chi connectivity index (χ1) is 13.2. The number of hydrogen-bond acceptors (Lipinski definition) is 8. The number of nitrogens with zero attached hydrogens (tertiary/aromatic N) is 6. The molecule has 1 amide bonds. The summed E-state index contributed by atoms with van der Waals surface area (Å²) in [6, 6.07) is 3.80. The Morgan fingerprint density at radius 1 is 1.04 bits per heavy atom. The Bertz CT molecular complexity index is 780. The lowest BCUT2D eigenvalue weighted by atomic mass is 10.3. The number of aromatic nitrogens is 3. The lowest BCUT2D eigenvalue weighted by Crippen LogP contribution is -2.49. The highest BCUT2D eigenvalue weighted by molar-refractivity contribution is 5.91. The average Bonchev–Trinajstić information content (AvgIpc) is 3.34. The quantitative estimate of drug-likeness (QED) is 0.837. The standard InChI is InChI=1S/C18H25N7O2/c1-14-10-15(22-27-14)21-18(26)12-23-6-8-25(9-7-23)17-11-16(19-13-20-17)24-4-2-3-5-24/h10-11,13H,2-9,12H2,1H3,(H,21,22,26). The number of anilines is 3. The lowest BCUT2D eigenvalue weighted by Gasteiger charge is -2.35. The van der Waals surface area contributed by atoms with Gasteiger partial charge in [-0.25, -0.2) is 9.97 Å². The van der Waals surface area contributed by atoms with Crippen LogP contribution in [0.3, 0.4) is 0 Å². The maximum atomic E-state index is 12.2. The molecule has 144 valence electrons. The van der Waals surface area contributed by atoms with E-state index in [1.165, 1.54) is 12.8 Å². The number of rotatable bonds is 5. The Morgan fingerprint density at radius 2 is 1.70 bits per heavy atom. The molecule has 2 aliphatic heterocycles. The molecule has 0 aromatic carbocycles. The van der Waals surface area contributed by atoms with Crippen LogP contribution in [0, 0.1) is 6.92 Å². The second-order valence-corrected chi connectivity index (χ2v) is 7.06. The molecule has 2 fully saturated rings. The van der Waals surface area contributed by atoms with Gasteiger partial charge in [-0.15, -0.1) is 0 Å². The third kappa shape index (κ3) is 4.36. The van der Waals surface area contributed by atoms with Crippen LogP contribution in [-0.2, 0) is 4.79 Å². The summed E-state index contributed by atoms with van der Waals surface area (Å²) in [4.78, 5) is 27.8. The van der Waals surface area contributed by atoms with Crippen LogP contribution in [0.25, 0.3) is 0 Å². The molecule has 2 aliphatic rings. The van der Waals surface area contributed by atoms with Gasteiger partial charge in [0, 0.05) is 51.4 Å². The molecule has 0 radical (unpaired) electrons. The molecule has 9 heteroatoms. The van der Waals surface area contributed by atoms with E-state index in [2.05, 4.69) is 41.2 Å². The number of piperazine rings is 1. The van der Waals surface area contributed by atoms with Crippen molar-refractivity contribution < 1.29 is 9.32 Å². The molecule has 27 heavy (non-hydrogen) atoms. The molecule has 1 N–H and O–H groups in total. The highest BCUT2D eigenvalue weighted by Gasteiger charge is 2.22. The Morgan fingerprint density at radius 3 is 2.33 bits per heavy atom. The molecule has 9 nitrogen and oxygen atoms in total. The van der Waals surface area contributed by atoms with Gasteiger partial charge in [-0.05, 0) is 19.8 Å². The van der Waals surface area contributed by atoms with Gasteiger partial charge in [0.2, 0.25) is 5.91 Å². The zero-order chi connectivity index (χ0) is 18.6. The predicted molar refractivity (Wildman–Crippen MR) is 102 cm³/mol. The molecular weight excluding hydrogens is 346 g/mol. The summed E-state index contributed by atoms with van der Waals surface area (Å²) < 4.78 is 4.96.